The number of H-pyrrole nitrogens is 1. The van der Waals surface area contributed by atoms with Crippen LogP contribution < -0.4 is 16.0 Å². The van der Waals surface area contributed by atoms with Gasteiger partial charge >= 0.3 is 11.9 Å². The molecule has 0 radical (unpaired) electrons. The van der Waals surface area contributed by atoms with Gasteiger partial charge < -0.3 is 9.55 Å². The molecule has 0 unspecified atom stereocenters. The molecule has 0 spiro atoms. The number of fused-ring (bicyclic) bond motifs is 2. The molecule has 3 heterocycles. The first kappa shape index (κ1) is 27.3. The minimum absolute atomic E-state index is 0.0388. The van der Waals surface area contributed by atoms with Gasteiger partial charge in [0.25, 0.3) is 11.5 Å². The van der Waals surface area contributed by atoms with Crippen LogP contribution in [-0.2, 0) is 22.7 Å². The number of nitrogens with one attached hydrogen (secondary N) is 2. The van der Waals surface area contributed by atoms with Crippen LogP contribution >= 0.6 is 11.3 Å². The van der Waals surface area contributed by atoms with E-state index in [1.165, 1.54) is 10.8 Å². The van der Waals surface area contributed by atoms with Gasteiger partial charge in [0.1, 0.15) is 17.3 Å². The summed E-state index contributed by atoms with van der Waals surface area (Å²) < 4.78 is 96.7. The van der Waals surface area contributed by atoms with E-state index in [2.05, 4.69) is 4.98 Å². The number of halogens is 5. The lowest BCUT2D eigenvalue weighted by atomic mass is 10.1. The van der Waals surface area contributed by atoms with Crippen molar-refractivity contribution in [3.05, 3.63) is 96.5 Å². The number of hydrogen-bond donors (Lipinski definition) is 2. The second-order valence-electron chi connectivity index (χ2n) is 8.72. The summed E-state index contributed by atoms with van der Waals surface area (Å²) in [7, 11) is -4.29. The first-order valence-electron chi connectivity index (χ1n) is 11.1. The fourth-order valence-electron chi connectivity index (χ4n) is 4.33. The lowest BCUT2D eigenvalue weighted by Gasteiger charge is -2.13. The Morgan fingerprint density at radius 1 is 1.05 bits per heavy atom. The van der Waals surface area contributed by atoms with Gasteiger partial charge in [-0.3, -0.25) is 9.59 Å². The number of sulfonamides is 1. The number of carbonyl (C=O) groups is 1. The van der Waals surface area contributed by atoms with E-state index in [1.54, 1.807) is 4.72 Å². The van der Waals surface area contributed by atoms with Crippen molar-refractivity contribution in [3.8, 4) is 5.69 Å². The van der Waals surface area contributed by atoms with Gasteiger partial charge in [-0.2, -0.15) is 13.2 Å². The summed E-state index contributed by atoms with van der Waals surface area (Å²) in [4.78, 5) is 42.3. The topological polar surface area (TPSA) is 123 Å². The quantitative estimate of drug-likeness (QED) is 0.299. The van der Waals surface area contributed by atoms with Crippen LogP contribution in [0.2, 0.25) is 0 Å². The van der Waals surface area contributed by atoms with E-state index in [9.17, 15) is 44.8 Å². The second-order valence-corrected chi connectivity index (χ2v) is 11.2. The fraction of sp³-hybridized carbons (Fsp3) is 0.125. The van der Waals surface area contributed by atoms with Crippen molar-refractivity contribution in [2.45, 2.75) is 12.7 Å². The lowest BCUT2D eigenvalue weighted by Crippen LogP contribution is -2.37. The highest BCUT2D eigenvalue weighted by molar-refractivity contribution is 7.89. The normalized spacial score (nSPS) is 12.3. The number of hydrogen-bond acceptors (Lipinski definition) is 6. The van der Waals surface area contributed by atoms with E-state index in [1.807, 2.05) is 0 Å². The third-order valence-electron chi connectivity index (χ3n) is 5.96. The van der Waals surface area contributed by atoms with Crippen molar-refractivity contribution >= 4 is 49.1 Å². The molecular formula is C24H15F5N4O5S2. The molecule has 0 bridgehead atoms. The van der Waals surface area contributed by atoms with Crippen LogP contribution in [0.25, 0.3) is 27.5 Å². The van der Waals surface area contributed by atoms with Crippen molar-refractivity contribution in [3.63, 3.8) is 0 Å². The van der Waals surface area contributed by atoms with E-state index >= 15 is 0 Å². The lowest BCUT2D eigenvalue weighted by molar-refractivity contribution is -0.137. The van der Waals surface area contributed by atoms with E-state index in [4.69, 9.17) is 0 Å². The van der Waals surface area contributed by atoms with Gasteiger partial charge in [-0.05, 0) is 36.4 Å². The Kier molecular flexibility index (Phi) is 6.41. The van der Waals surface area contributed by atoms with E-state index in [0.717, 1.165) is 40.2 Å². The molecule has 2 aromatic carbocycles. The van der Waals surface area contributed by atoms with Gasteiger partial charge in [-0.15, -0.1) is 11.3 Å². The molecule has 40 heavy (non-hydrogen) atoms. The maximum Gasteiger partial charge on any atom is 0.416 e. The highest BCUT2D eigenvalue weighted by Crippen LogP contribution is 2.36. The van der Waals surface area contributed by atoms with Gasteiger partial charge in [-0.1, -0.05) is 0 Å². The number of nitrogens with zero attached hydrogens (tertiary/aromatic N) is 2. The number of benzene rings is 2. The highest BCUT2D eigenvalue weighted by Gasteiger charge is 2.34. The molecule has 9 nitrogen and oxygen atoms in total. The molecule has 5 aromatic rings. The summed E-state index contributed by atoms with van der Waals surface area (Å²) in [6, 6.07) is 4.52. The fourth-order valence-corrected chi connectivity index (χ4v) is 5.52. The maximum absolute atomic E-state index is 14.6. The summed E-state index contributed by atoms with van der Waals surface area (Å²) in [5, 5.41) is 2.32. The van der Waals surface area contributed by atoms with Gasteiger partial charge in [-0.25, -0.2) is 31.3 Å². The van der Waals surface area contributed by atoms with Crippen LogP contribution in [0.5, 0.6) is 0 Å². The molecule has 0 aliphatic rings. The molecule has 0 aliphatic heterocycles. The summed E-state index contributed by atoms with van der Waals surface area (Å²) in [5.41, 5.74) is -5.25. The smallest absolute Gasteiger partial charge is 0.330 e. The molecule has 2 N–H and O–H groups in total. The molecule has 208 valence electrons. The number of aromatic amines is 1. The minimum Gasteiger partial charge on any atom is -0.330 e. The van der Waals surface area contributed by atoms with E-state index in [-0.39, 0.29) is 22.0 Å². The molecule has 16 heteroatoms. The predicted molar refractivity (Wildman–Crippen MR) is 136 cm³/mol. The van der Waals surface area contributed by atoms with Crippen LogP contribution in [0, 0.1) is 11.6 Å². The minimum atomic E-state index is -4.90. The maximum atomic E-state index is 14.6. The van der Waals surface area contributed by atoms with Crippen molar-refractivity contribution in [1.29, 1.82) is 0 Å². The van der Waals surface area contributed by atoms with Crippen LogP contribution in [-0.4, -0.2) is 34.7 Å². The van der Waals surface area contributed by atoms with E-state index < -0.39 is 73.9 Å². The number of thiophene rings is 1. The van der Waals surface area contributed by atoms with Crippen molar-refractivity contribution < 1.29 is 35.2 Å². The Labute approximate surface area is 224 Å². The zero-order chi connectivity index (χ0) is 29.1. The first-order chi connectivity index (χ1) is 18.7. The van der Waals surface area contributed by atoms with Crippen LogP contribution in [0.15, 0.2) is 56.7 Å². The first-order valence-corrected chi connectivity index (χ1v) is 13.9. The van der Waals surface area contributed by atoms with Crippen molar-refractivity contribution in [1.82, 2.24) is 18.8 Å². The summed E-state index contributed by atoms with van der Waals surface area (Å²) in [6.07, 6.45) is -4.27. The molecule has 0 saturated heterocycles. The SMILES string of the molecule is CS(=O)(=O)NC(=O)c1c(-n2c(=O)[nH]c3cscc3c2=O)c2cc(C(F)(F)F)ccc2n1Cc1cc(F)ccc1F. The van der Waals surface area contributed by atoms with Gasteiger partial charge in [0.15, 0.2) is 0 Å². The Bertz CT molecular complexity index is 2070. The molecule has 0 saturated carbocycles. The summed E-state index contributed by atoms with van der Waals surface area (Å²) in [5.74, 6) is -3.25. The van der Waals surface area contributed by atoms with Crippen LogP contribution in [0.3, 0.4) is 0 Å². The number of aromatic nitrogens is 3. The molecule has 5 rings (SSSR count). The van der Waals surface area contributed by atoms with Crippen molar-refractivity contribution in [2.24, 2.45) is 0 Å². The predicted octanol–water partition coefficient (Wildman–Crippen LogP) is 3.73. The highest BCUT2D eigenvalue weighted by atomic mass is 32.2. The Balaban J connectivity index is 1.97. The largest absolute Gasteiger partial charge is 0.416 e. The third-order valence-corrected chi connectivity index (χ3v) is 7.26. The van der Waals surface area contributed by atoms with Crippen LogP contribution in [0.1, 0.15) is 21.6 Å². The monoisotopic (exact) mass is 598 g/mol. The molecule has 0 fully saturated rings. The number of amides is 1. The Hall–Kier alpha value is -4.31. The van der Waals surface area contributed by atoms with Crippen LogP contribution in [0.4, 0.5) is 22.0 Å². The zero-order valence-corrected chi connectivity index (χ0v) is 21.6. The van der Waals surface area contributed by atoms with Gasteiger partial charge in [0.2, 0.25) is 10.0 Å². The van der Waals surface area contributed by atoms with Crippen molar-refractivity contribution in [2.75, 3.05) is 6.26 Å². The van der Waals surface area contributed by atoms with Gasteiger partial charge in [0.05, 0.1) is 40.5 Å². The third kappa shape index (κ3) is 4.79. The molecule has 0 aliphatic carbocycles. The average Bonchev–Trinajstić information content (AvgIpc) is 3.43. The molecule has 0 atom stereocenters. The number of carbonyl (C=O) groups excluding carboxylic acids is 1. The summed E-state index contributed by atoms with van der Waals surface area (Å²) in [6.45, 7) is -0.689. The van der Waals surface area contributed by atoms with E-state index in [0.29, 0.717) is 23.0 Å². The van der Waals surface area contributed by atoms with Gasteiger partial charge in [0, 0.05) is 21.7 Å². The average molecular weight is 599 g/mol. The molecule has 1 amide bonds. The zero-order valence-electron chi connectivity index (χ0n) is 20.0. The summed E-state index contributed by atoms with van der Waals surface area (Å²) >= 11 is 1.04. The number of rotatable bonds is 5. The number of alkyl halides is 3. The standard InChI is InChI=1S/C24H15F5N4O5S2/c1-40(37,38)31-21(34)20-19(33-22(35)15-9-39-10-17(15)30-23(33)36)14-7-12(24(27,28)29)2-5-18(14)32(20)8-11-6-13(25)3-4-16(11)26/h2-7,9-10H,8H2,1H3,(H,30,36)(H,31,34). The Morgan fingerprint density at radius 2 is 1.77 bits per heavy atom. The molecule has 3 aromatic heterocycles. The second kappa shape index (κ2) is 9.41. The molecular weight excluding hydrogens is 583 g/mol. The Morgan fingerprint density at radius 3 is 2.45 bits per heavy atom.